The lowest BCUT2D eigenvalue weighted by molar-refractivity contribution is -0.142. The largest absolute Gasteiger partial charge is 0.507 e. The molecule has 3 fully saturated rings. The molecule has 0 radical (unpaired) electrons. The second kappa shape index (κ2) is 13.6. The van der Waals surface area contributed by atoms with Crippen LogP contribution in [0.15, 0.2) is 84.4 Å². The first-order chi connectivity index (χ1) is 26.9. The van der Waals surface area contributed by atoms with Crippen molar-refractivity contribution < 1.29 is 41.8 Å². The number of amides is 4. The number of hydrogen-bond donors (Lipinski definition) is 2. The average Bonchev–Trinajstić information content (AvgIpc) is 3.54. The Bertz CT molecular complexity index is 2390. The van der Waals surface area contributed by atoms with Gasteiger partial charge in [-0.05, 0) is 103 Å². The Balaban J connectivity index is 1.29. The molecule has 294 valence electrons. The number of phenols is 1. The summed E-state index contributed by atoms with van der Waals surface area (Å²) in [5.41, 5.74) is 2.82. The minimum absolute atomic E-state index is 0.0305. The Morgan fingerprint density at radius 3 is 2.18 bits per heavy atom. The van der Waals surface area contributed by atoms with Crippen molar-refractivity contribution in [2.45, 2.75) is 44.2 Å². The van der Waals surface area contributed by atoms with Gasteiger partial charge in [-0.15, -0.1) is 0 Å². The van der Waals surface area contributed by atoms with Gasteiger partial charge in [-0.3, -0.25) is 29.6 Å². The van der Waals surface area contributed by atoms with Gasteiger partial charge >= 0.3 is 6.18 Å². The molecule has 6 atom stereocenters. The van der Waals surface area contributed by atoms with Crippen LogP contribution in [0.2, 0.25) is 10.0 Å². The third-order valence-corrected chi connectivity index (χ3v) is 12.4. The highest BCUT2D eigenvalue weighted by Gasteiger charge is 2.70. The first kappa shape index (κ1) is 38.4. The zero-order valence-electron chi connectivity index (χ0n) is 30.4. The van der Waals surface area contributed by atoms with Gasteiger partial charge in [0.25, 0.3) is 23.6 Å². The number of allylic oxidation sites excluding steroid dienone is 2. The van der Waals surface area contributed by atoms with Gasteiger partial charge in [0, 0.05) is 18.0 Å². The maximum atomic E-state index is 15.3. The number of rotatable bonds is 6. The molecule has 4 aromatic rings. The number of hydrogen-bond acceptors (Lipinski definition) is 8. The molecule has 4 amide bonds. The molecule has 1 aromatic heterocycles. The number of phenolic OH excluding ortho intramolecular Hbond substituents is 1. The van der Waals surface area contributed by atoms with Crippen molar-refractivity contribution in [2.24, 2.45) is 23.7 Å². The fraction of sp³-hybridized carbons (Fsp3) is 0.293. The molecule has 3 heterocycles. The lowest BCUT2D eigenvalue weighted by atomic mass is 9.49. The van der Waals surface area contributed by atoms with Gasteiger partial charge in [0.15, 0.2) is 5.82 Å². The number of aromatic nitrogens is 1. The van der Waals surface area contributed by atoms with Crippen molar-refractivity contribution in [1.29, 1.82) is 0 Å². The lowest BCUT2D eigenvalue weighted by Crippen LogP contribution is -2.53. The highest BCUT2D eigenvalue weighted by molar-refractivity contribution is 6.33. The Labute approximate surface area is 333 Å². The van der Waals surface area contributed by atoms with E-state index in [1.54, 1.807) is 50.2 Å². The molecule has 8 rings (SSSR count). The van der Waals surface area contributed by atoms with Crippen LogP contribution in [0, 0.1) is 43.3 Å². The number of alkyl halides is 3. The second-order valence-corrected chi connectivity index (χ2v) is 15.7. The second-order valence-electron chi connectivity index (χ2n) is 14.9. The summed E-state index contributed by atoms with van der Waals surface area (Å²) in [5.74, 6) is -8.58. The van der Waals surface area contributed by atoms with E-state index in [9.17, 15) is 37.1 Å². The van der Waals surface area contributed by atoms with Crippen molar-refractivity contribution in [3.63, 3.8) is 0 Å². The van der Waals surface area contributed by atoms with E-state index in [0.717, 1.165) is 21.1 Å². The maximum Gasteiger partial charge on any atom is 0.433 e. The number of fused-ring (bicyclic) bond motifs is 4. The van der Waals surface area contributed by atoms with E-state index in [2.05, 4.69) is 10.4 Å². The Kier molecular flexibility index (Phi) is 9.15. The number of aromatic hydroxyl groups is 1. The van der Waals surface area contributed by atoms with Gasteiger partial charge in [-0.1, -0.05) is 59.1 Å². The highest BCUT2D eigenvalue weighted by atomic mass is 35.5. The van der Waals surface area contributed by atoms with Gasteiger partial charge in [0.05, 0.1) is 33.9 Å². The number of anilines is 2. The van der Waals surface area contributed by atoms with Crippen molar-refractivity contribution >= 4 is 58.3 Å². The molecule has 2 saturated heterocycles. The van der Waals surface area contributed by atoms with Crippen LogP contribution in [0.4, 0.5) is 29.1 Å². The predicted molar refractivity (Wildman–Crippen MR) is 201 cm³/mol. The van der Waals surface area contributed by atoms with Crippen LogP contribution in [0.1, 0.15) is 46.7 Å². The van der Waals surface area contributed by atoms with E-state index in [4.69, 9.17) is 23.2 Å². The standard InChI is InChI=1S/C41H33Cl2F4N5O5/c1-19-16-21(17-20(2)34(19)53)33-26-12-13-27-32(38(56)52(36(27)54)50(3)35-30(43)14-15-31(48-35)41(45,46)47)28(26)18-29-37(55)51(49-25-10-8-24(44)9-11-25)39(57)40(29,33)22-4-6-23(42)7-5-22/h4-12,14-17,27-29,32-33,49,53H,13,18H2,1-3H3/t27-,28+,29-,32-,33-,40+/m0/s1. The summed E-state index contributed by atoms with van der Waals surface area (Å²) in [7, 11) is 1.23. The van der Waals surface area contributed by atoms with Crippen LogP contribution in [-0.4, -0.2) is 50.8 Å². The molecule has 0 unspecified atom stereocenters. The number of hydrazine groups is 2. The predicted octanol–water partition coefficient (Wildman–Crippen LogP) is 7.91. The molecule has 0 bridgehead atoms. The van der Waals surface area contributed by atoms with E-state index in [-0.39, 0.29) is 29.3 Å². The van der Waals surface area contributed by atoms with Crippen LogP contribution >= 0.6 is 23.2 Å². The Morgan fingerprint density at radius 1 is 0.895 bits per heavy atom. The molecule has 10 nitrogen and oxygen atoms in total. The summed E-state index contributed by atoms with van der Waals surface area (Å²) in [6.45, 7) is 3.40. The molecular weight excluding hydrogens is 789 g/mol. The molecule has 1 saturated carbocycles. The van der Waals surface area contributed by atoms with E-state index < -0.39 is 82.1 Å². The summed E-state index contributed by atoms with van der Waals surface area (Å²) in [6.07, 6.45) is -3.06. The lowest BCUT2D eigenvalue weighted by Gasteiger charge is -2.50. The Morgan fingerprint density at radius 2 is 1.54 bits per heavy atom. The number of imide groups is 2. The average molecular weight is 823 g/mol. The molecule has 2 aliphatic carbocycles. The smallest absolute Gasteiger partial charge is 0.433 e. The van der Waals surface area contributed by atoms with Crippen LogP contribution in [0.3, 0.4) is 0 Å². The summed E-state index contributed by atoms with van der Waals surface area (Å²) in [6, 6.07) is 16.8. The van der Waals surface area contributed by atoms with Crippen LogP contribution < -0.4 is 10.4 Å². The summed E-state index contributed by atoms with van der Waals surface area (Å²) >= 11 is 12.7. The van der Waals surface area contributed by atoms with Crippen LogP contribution in [-0.2, 0) is 30.8 Å². The van der Waals surface area contributed by atoms with Crippen LogP contribution in [0.5, 0.6) is 5.75 Å². The quantitative estimate of drug-likeness (QED) is 0.114. The van der Waals surface area contributed by atoms with Crippen molar-refractivity contribution in [1.82, 2.24) is 15.0 Å². The van der Waals surface area contributed by atoms with Gasteiger partial charge in [-0.2, -0.15) is 23.2 Å². The summed E-state index contributed by atoms with van der Waals surface area (Å²) in [5, 5.41) is 13.6. The summed E-state index contributed by atoms with van der Waals surface area (Å²) < 4.78 is 55.0. The van der Waals surface area contributed by atoms with E-state index in [0.29, 0.717) is 38.9 Å². The third-order valence-electron chi connectivity index (χ3n) is 11.8. The van der Waals surface area contributed by atoms with Crippen molar-refractivity contribution in [2.75, 3.05) is 17.5 Å². The van der Waals surface area contributed by atoms with Crippen molar-refractivity contribution in [3.05, 3.63) is 128 Å². The fourth-order valence-electron chi connectivity index (χ4n) is 9.38. The number of pyridine rings is 1. The highest BCUT2D eigenvalue weighted by Crippen LogP contribution is 2.64. The van der Waals surface area contributed by atoms with Gasteiger partial charge < -0.3 is 5.11 Å². The molecule has 16 heteroatoms. The molecule has 57 heavy (non-hydrogen) atoms. The van der Waals surface area contributed by atoms with E-state index in [1.165, 1.54) is 31.3 Å². The SMILES string of the molecule is Cc1cc([C@H]2C3=CC[C@@H]4C(=O)N(N(C)c5nc(C(F)(F)F)ccc5Cl)C(=O)[C@@H]4[C@@H]3C[C@H]3C(=O)N(Nc4ccc(F)cc4)C(=O)[C@@]23c2ccc(Cl)cc2)cc(C)c1O. The monoisotopic (exact) mass is 821 g/mol. The molecular formula is C41H33Cl2F4N5O5. The number of nitrogens with zero attached hydrogens (tertiary/aromatic N) is 4. The van der Waals surface area contributed by atoms with Gasteiger partial charge in [0.2, 0.25) is 0 Å². The Hall–Kier alpha value is -5.47. The first-order valence-electron chi connectivity index (χ1n) is 18.0. The van der Waals surface area contributed by atoms with Gasteiger partial charge in [0.1, 0.15) is 17.3 Å². The van der Waals surface area contributed by atoms with Gasteiger partial charge in [-0.25, -0.2) is 9.37 Å². The van der Waals surface area contributed by atoms with E-state index >= 15 is 4.79 Å². The molecule has 2 aliphatic heterocycles. The number of aryl methyl sites for hydroxylation is 2. The topological polar surface area (TPSA) is 123 Å². The number of halogens is 6. The zero-order chi connectivity index (χ0) is 40.9. The molecule has 2 N–H and O–H groups in total. The maximum absolute atomic E-state index is 15.3. The first-order valence-corrected chi connectivity index (χ1v) is 18.7. The zero-order valence-corrected chi connectivity index (χ0v) is 32.0. The minimum Gasteiger partial charge on any atom is -0.507 e. The molecule has 3 aromatic carbocycles. The minimum atomic E-state index is -4.84. The van der Waals surface area contributed by atoms with E-state index in [1.807, 2.05) is 6.08 Å². The number of nitrogens with one attached hydrogen (secondary N) is 1. The van der Waals surface area contributed by atoms with Crippen LogP contribution in [0.25, 0.3) is 0 Å². The normalized spacial score (nSPS) is 25.6. The third kappa shape index (κ3) is 5.86. The molecule has 4 aliphatic rings. The fourth-order valence-corrected chi connectivity index (χ4v) is 9.73. The number of carbonyl (C=O) groups excluding carboxylic acids is 4. The molecule has 0 spiro atoms. The summed E-state index contributed by atoms with van der Waals surface area (Å²) in [4.78, 5) is 62.7. The van der Waals surface area contributed by atoms with Crippen molar-refractivity contribution in [3.8, 4) is 5.75 Å². The number of carbonyl (C=O) groups is 4. The number of benzene rings is 3.